The lowest BCUT2D eigenvalue weighted by Gasteiger charge is -2.10. The Morgan fingerprint density at radius 2 is 2.12 bits per heavy atom. The van der Waals surface area contributed by atoms with Crippen molar-refractivity contribution < 1.29 is 19.6 Å². The first-order valence-electron chi connectivity index (χ1n) is 6.92. The summed E-state index contributed by atoms with van der Waals surface area (Å²) < 4.78 is 5.12. The minimum absolute atomic E-state index is 0.0368. The van der Waals surface area contributed by atoms with Crippen molar-refractivity contribution in [2.75, 3.05) is 13.4 Å². The molecule has 0 unspecified atom stereocenters. The number of nitro benzene ring substituents is 1. The van der Waals surface area contributed by atoms with Gasteiger partial charge in [-0.25, -0.2) is 0 Å². The Morgan fingerprint density at radius 3 is 2.71 bits per heavy atom. The summed E-state index contributed by atoms with van der Waals surface area (Å²) in [5, 5.41) is 23.3. The number of aromatic hydroxyl groups is 1. The molecule has 0 saturated carbocycles. The van der Waals surface area contributed by atoms with Crippen LogP contribution in [0, 0.1) is 10.1 Å². The van der Waals surface area contributed by atoms with Crippen molar-refractivity contribution in [3.05, 3.63) is 57.6 Å². The van der Waals surface area contributed by atoms with E-state index >= 15 is 0 Å². The Balaban J connectivity index is 2.28. The van der Waals surface area contributed by atoms with Crippen molar-refractivity contribution in [1.29, 1.82) is 0 Å². The van der Waals surface area contributed by atoms with Crippen LogP contribution in [0.2, 0.25) is 0 Å². The molecule has 2 aromatic carbocycles. The highest BCUT2D eigenvalue weighted by Gasteiger charge is 2.23. The van der Waals surface area contributed by atoms with Crippen molar-refractivity contribution in [1.82, 2.24) is 5.32 Å². The lowest BCUT2D eigenvalue weighted by Crippen LogP contribution is -2.23. The smallest absolute Gasteiger partial charge is 0.285 e. The van der Waals surface area contributed by atoms with Gasteiger partial charge >= 0.3 is 0 Å². The summed E-state index contributed by atoms with van der Waals surface area (Å²) in [5.74, 6) is -0.136. The molecule has 0 bridgehead atoms. The highest BCUT2D eigenvalue weighted by Crippen LogP contribution is 2.34. The third kappa shape index (κ3) is 3.96. The summed E-state index contributed by atoms with van der Waals surface area (Å²) >= 11 is 1.33. The summed E-state index contributed by atoms with van der Waals surface area (Å²) in [7, 11) is 1.42. The molecule has 7 nitrogen and oxygen atoms in total. The van der Waals surface area contributed by atoms with Crippen molar-refractivity contribution in [3.63, 3.8) is 0 Å². The molecule has 1 amide bonds. The number of nitrogens with one attached hydrogen (secondary N) is 1. The number of carbonyl (C=O) groups is 1. The fraction of sp³-hybridized carbons (Fsp3) is 0.188. The monoisotopic (exact) mass is 348 g/mol. The van der Waals surface area contributed by atoms with Crippen LogP contribution >= 0.6 is 11.8 Å². The third-order valence-electron chi connectivity index (χ3n) is 3.31. The van der Waals surface area contributed by atoms with Gasteiger partial charge in [-0.1, -0.05) is 12.1 Å². The maximum Gasteiger partial charge on any atom is 0.285 e. The van der Waals surface area contributed by atoms with Crippen LogP contribution in [0.4, 0.5) is 5.69 Å². The lowest BCUT2D eigenvalue weighted by atomic mass is 10.1. The van der Waals surface area contributed by atoms with E-state index < -0.39 is 10.8 Å². The molecule has 0 atom stereocenters. The molecule has 24 heavy (non-hydrogen) atoms. The van der Waals surface area contributed by atoms with Crippen LogP contribution in [-0.2, 0) is 6.54 Å². The second kappa shape index (κ2) is 7.69. The summed E-state index contributed by atoms with van der Waals surface area (Å²) in [6, 6.07) is 9.10. The molecule has 2 N–H and O–H groups in total. The number of rotatable bonds is 6. The van der Waals surface area contributed by atoms with Crippen LogP contribution in [0.1, 0.15) is 15.9 Å². The van der Waals surface area contributed by atoms with Crippen LogP contribution in [0.5, 0.6) is 11.5 Å². The quantitative estimate of drug-likeness (QED) is 0.473. The number of thioether (sulfide) groups is 1. The Labute approximate surface area is 142 Å². The molecule has 0 aliphatic carbocycles. The number of phenols is 1. The lowest BCUT2D eigenvalue weighted by molar-refractivity contribution is -0.385. The van der Waals surface area contributed by atoms with E-state index in [1.54, 1.807) is 18.4 Å². The number of benzene rings is 2. The summed E-state index contributed by atoms with van der Waals surface area (Å²) in [4.78, 5) is 23.6. The van der Waals surface area contributed by atoms with E-state index in [9.17, 15) is 20.0 Å². The van der Waals surface area contributed by atoms with E-state index in [2.05, 4.69) is 5.32 Å². The molecule has 0 aliphatic rings. The van der Waals surface area contributed by atoms with Crippen molar-refractivity contribution in [3.8, 4) is 11.5 Å². The van der Waals surface area contributed by atoms with Gasteiger partial charge in [-0.3, -0.25) is 14.9 Å². The first-order valence-corrected chi connectivity index (χ1v) is 8.15. The van der Waals surface area contributed by atoms with E-state index in [4.69, 9.17) is 4.74 Å². The zero-order valence-electron chi connectivity index (χ0n) is 13.1. The average Bonchev–Trinajstić information content (AvgIpc) is 2.58. The van der Waals surface area contributed by atoms with Gasteiger partial charge in [-0.15, -0.1) is 11.8 Å². The first-order chi connectivity index (χ1) is 11.5. The van der Waals surface area contributed by atoms with Crippen molar-refractivity contribution >= 4 is 23.4 Å². The van der Waals surface area contributed by atoms with Crippen molar-refractivity contribution in [2.24, 2.45) is 0 Å². The average molecular weight is 348 g/mol. The second-order valence-corrected chi connectivity index (χ2v) is 5.68. The number of ether oxygens (including phenoxy) is 1. The standard InChI is InChI=1S/C16H16N2O5S/c1-23-14-8-13(18(21)22)12(7-15(14)24-2)16(20)17-9-10-4-3-5-11(19)6-10/h3-8,19H,9H2,1-2H3,(H,17,20). The van der Waals surface area contributed by atoms with E-state index in [1.165, 1.54) is 43.1 Å². The van der Waals surface area contributed by atoms with Gasteiger partial charge < -0.3 is 15.2 Å². The number of phenolic OH excluding ortho intramolecular Hbond substituents is 1. The Bertz CT molecular complexity index is 779. The first kappa shape index (κ1) is 17.6. The maximum atomic E-state index is 12.4. The van der Waals surface area contributed by atoms with Gasteiger partial charge in [-0.2, -0.15) is 0 Å². The molecule has 126 valence electrons. The molecule has 0 saturated heterocycles. The topological polar surface area (TPSA) is 102 Å². The van der Waals surface area contributed by atoms with Gasteiger partial charge in [0, 0.05) is 6.54 Å². The van der Waals surface area contributed by atoms with Crippen LogP contribution in [0.3, 0.4) is 0 Å². The van der Waals surface area contributed by atoms with Gasteiger partial charge in [-0.05, 0) is 30.0 Å². The molecular formula is C16H16N2O5S. The maximum absolute atomic E-state index is 12.4. The largest absolute Gasteiger partial charge is 0.508 e. The summed E-state index contributed by atoms with van der Waals surface area (Å²) in [6.07, 6.45) is 1.79. The number of methoxy groups -OCH3 is 1. The molecular weight excluding hydrogens is 332 g/mol. The van der Waals surface area contributed by atoms with Crippen LogP contribution < -0.4 is 10.1 Å². The van der Waals surface area contributed by atoms with E-state index in [1.807, 2.05) is 0 Å². The summed E-state index contributed by atoms with van der Waals surface area (Å²) in [5.41, 5.74) is 0.327. The zero-order valence-corrected chi connectivity index (χ0v) is 13.9. The fourth-order valence-electron chi connectivity index (χ4n) is 2.15. The zero-order chi connectivity index (χ0) is 17.7. The van der Waals surface area contributed by atoms with Gasteiger partial charge in [0.25, 0.3) is 11.6 Å². The van der Waals surface area contributed by atoms with Crippen LogP contribution in [0.25, 0.3) is 0 Å². The minimum Gasteiger partial charge on any atom is -0.508 e. The van der Waals surface area contributed by atoms with Crippen LogP contribution in [0.15, 0.2) is 41.3 Å². The van der Waals surface area contributed by atoms with Gasteiger partial charge in [0.1, 0.15) is 17.1 Å². The SMILES string of the molecule is COc1cc([N+](=O)[O-])c(C(=O)NCc2cccc(O)c2)cc1SC. The second-order valence-electron chi connectivity index (χ2n) is 4.83. The Morgan fingerprint density at radius 1 is 1.38 bits per heavy atom. The summed E-state index contributed by atoms with van der Waals surface area (Å²) in [6.45, 7) is 0.144. The molecule has 0 spiro atoms. The van der Waals surface area contributed by atoms with Gasteiger partial charge in [0.2, 0.25) is 0 Å². The molecule has 0 heterocycles. The number of amides is 1. The molecule has 0 radical (unpaired) electrons. The normalized spacial score (nSPS) is 10.2. The number of nitrogens with zero attached hydrogens (tertiary/aromatic N) is 1. The predicted octanol–water partition coefficient (Wildman–Crippen LogP) is 2.96. The highest BCUT2D eigenvalue weighted by atomic mass is 32.2. The van der Waals surface area contributed by atoms with Gasteiger partial charge in [0.05, 0.1) is 23.0 Å². The minimum atomic E-state index is -0.615. The molecule has 0 aliphatic heterocycles. The molecule has 0 fully saturated rings. The highest BCUT2D eigenvalue weighted by molar-refractivity contribution is 7.98. The van der Waals surface area contributed by atoms with E-state index in [-0.39, 0.29) is 23.5 Å². The fourth-order valence-corrected chi connectivity index (χ4v) is 2.72. The molecule has 2 aromatic rings. The number of hydrogen-bond acceptors (Lipinski definition) is 6. The molecule has 0 aromatic heterocycles. The van der Waals surface area contributed by atoms with Gasteiger partial charge in [0.15, 0.2) is 0 Å². The van der Waals surface area contributed by atoms with Crippen LogP contribution in [-0.4, -0.2) is 29.3 Å². The number of carbonyl (C=O) groups excluding carboxylic acids is 1. The third-order valence-corrected chi connectivity index (χ3v) is 4.07. The number of hydrogen-bond donors (Lipinski definition) is 2. The Kier molecular flexibility index (Phi) is 5.64. The number of nitro groups is 1. The Hall–Kier alpha value is -2.74. The van der Waals surface area contributed by atoms with E-state index in [0.29, 0.717) is 16.2 Å². The van der Waals surface area contributed by atoms with Crippen molar-refractivity contribution in [2.45, 2.75) is 11.4 Å². The molecule has 8 heteroatoms. The van der Waals surface area contributed by atoms with E-state index in [0.717, 1.165) is 0 Å². The molecule has 2 rings (SSSR count). The predicted molar refractivity (Wildman–Crippen MR) is 90.7 cm³/mol.